The molecule has 2 N–H and O–H groups in total. The van der Waals surface area contributed by atoms with Crippen LogP contribution >= 0.6 is 0 Å². The Morgan fingerprint density at radius 2 is 2.15 bits per heavy atom. The van der Waals surface area contributed by atoms with Gasteiger partial charge in [-0.05, 0) is 36.8 Å². The molecule has 108 valence electrons. The minimum Gasteiger partial charge on any atom is -0.467 e. The van der Waals surface area contributed by atoms with Crippen LogP contribution in [-0.2, 0) is 10.0 Å². The second kappa shape index (κ2) is 5.74. The van der Waals surface area contributed by atoms with Gasteiger partial charge in [-0.3, -0.25) is 0 Å². The number of benzene rings is 1. The fraction of sp³-hybridized carbons (Fsp3) is 0.231. The van der Waals surface area contributed by atoms with Crippen molar-refractivity contribution in [1.29, 1.82) is 0 Å². The Labute approximate surface area is 116 Å². The maximum absolute atomic E-state index is 13.1. The van der Waals surface area contributed by atoms with E-state index in [-0.39, 0.29) is 17.2 Å². The van der Waals surface area contributed by atoms with E-state index in [9.17, 15) is 17.9 Å². The van der Waals surface area contributed by atoms with E-state index in [1.54, 1.807) is 13.0 Å². The lowest BCUT2D eigenvalue weighted by atomic mass is 10.2. The number of nitrogens with one attached hydrogen (secondary N) is 1. The summed E-state index contributed by atoms with van der Waals surface area (Å²) in [6, 6.07) is 6.63. The quantitative estimate of drug-likeness (QED) is 0.881. The molecule has 2 aromatic rings. The van der Waals surface area contributed by atoms with E-state index in [1.165, 1.54) is 24.5 Å². The van der Waals surface area contributed by atoms with Crippen LogP contribution in [0.3, 0.4) is 0 Å². The van der Waals surface area contributed by atoms with Gasteiger partial charge in [0, 0.05) is 6.54 Å². The molecule has 1 heterocycles. The molecule has 0 aliphatic carbocycles. The van der Waals surface area contributed by atoms with Crippen LogP contribution in [0.1, 0.15) is 17.4 Å². The van der Waals surface area contributed by atoms with Gasteiger partial charge in [0.25, 0.3) is 0 Å². The molecule has 0 fully saturated rings. The number of hydrogen-bond donors (Lipinski definition) is 2. The highest BCUT2D eigenvalue weighted by molar-refractivity contribution is 7.89. The van der Waals surface area contributed by atoms with Crippen molar-refractivity contribution >= 4 is 10.0 Å². The van der Waals surface area contributed by atoms with Gasteiger partial charge >= 0.3 is 0 Å². The van der Waals surface area contributed by atoms with Gasteiger partial charge in [0.05, 0.1) is 11.2 Å². The molecule has 0 bridgehead atoms. The number of furan rings is 1. The van der Waals surface area contributed by atoms with E-state index in [0.29, 0.717) is 5.56 Å². The Morgan fingerprint density at radius 3 is 2.80 bits per heavy atom. The Bertz CT molecular complexity index is 682. The van der Waals surface area contributed by atoms with Crippen LogP contribution in [0.4, 0.5) is 4.39 Å². The molecule has 2 rings (SSSR count). The van der Waals surface area contributed by atoms with Crippen molar-refractivity contribution in [2.45, 2.75) is 17.9 Å². The summed E-state index contributed by atoms with van der Waals surface area (Å²) < 4.78 is 44.5. The molecule has 0 saturated heterocycles. The fourth-order valence-corrected chi connectivity index (χ4v) is 3.00. The molecular weight excluding hydrogens is 285 g/mol. The summed E-state index contributed by atoms with van der Waals surface area (Å²) in [6.45, 7) is 1.31. The molecule has 0 aliphatic rings. The molecule has 5 nitrogen and oxygen atoms in total. The highest BCUT2D eigenvalue weighted by Gasteiger charge is 2.20. The number of aryl methyl sites for hydroxylation is 1. The zero-order valence-electron chi connectivity index (χ0n) is 10.7. The van der Waals surface area contributed by atoms with Crippen molar-refractivity contribution in [2.75, 3.05) is 6.54 Å². The lowest BCUT2D eigenvalue weighted by molar-refractivity contribution is 0.154. The second-order valence-corrected chi connectivity index (χ2v) is 6.03. The molecular formula is C13H14FNO4S. The summed E-state index contributed by atoms with van der Waals surface area (Å²) in [6.07, 6.45) is 0.276. The van der Waals surface area contributed by atoms with Gasteiger partial charge in [0.15, 0.2) is 0 Å². The molecule has 0 saturated carbocycles. The van der Waals surface area contributed by atoms with Crippen LogP contribution in [0.5, 0.6) is 0 Å². The van der Waals surface area contributed by atoms with E-state index in [4.69, 9.17) is 4.42 Å². The predicted octanol–water partition coefficient (Wildman–Crippen LogP) is 1.74. The Morgan fingerprint density at radius 1 is 1.40 bits per heavy atom. The summed E-state index contributed by atoms with van der Waals surface area (Å²) in [7, 11) is -3.89. The third-order valence-electron chi connectivity index (χ3n) is 2.78. The summed E-state index contributed by atoms with van der Waals surface area (Å²) >= 11 is 0. The van der Waals surface area contributed by atoms with Gasteiger partial charge < -0.3 is 9.52 Å². The second-order valence-electron chi connectivity index (χ2n) is 4.29. The van der Waals surface area contributed by atoms with Crippen molar-refractivity contribution < 1.29 is 22.3 Å². The number of aliphatic hydroxyl groups is 1. The molecule has 0 spiro atoms. The van der Waals surface area contributed by atoms with Crippen LogP contribution in [0.15, 0.2) is 45.9 Å². The molecule has 1 aromatic carbocycles. The summed E-state index contributed by atoms with van der Waals surface area (Å²) in [5.74, 6) is -0.383. The fourth-order valence-electron chi connectivity index (χ4n) is 1.71. The zero-order valence-corrected chi connectivity index (χ0v) is 11.5. The highest BCUT2D eigenvalue weighted by atomic mass is 32.2. The standard InChI is InChI=1S/C13H14FNO4S/c1-9-4-5-10(14)7-13(9)20(17,18)15-8-11(16)12-3-2-6-19-12/h2-7,11,15-16H,8H2,1H3. The summed E-state index contributed by atoms with van der Waals surface area (Å²) in [4.78, 5) is -0.149. The minimum atomic E-state index is -3.89. The number of sulfonamides is 1. The summed E-state index contributed by atoms with van der Waals surface area (Å²) in [5.41, 5.74) is 0.423. The van der Waals surface area contributed by atoms with Gasteiger partial charge in [-0.25, -0.2) is 17.5 Å². The van der Waals surface area contributed by atoms with E-state index < -0.39 is 21.9 Å². The first kappa shape index (κ1) is 14.7. The topological polar surface area (TPSA) is 79.5 Å². The van der Waals surface area contributed by atoms with Crippen molar-refractivity contribution in [1.82, 2.24) is 4.72 Å². The largest absolute Gasteiger partial charge is 0.467 e. The average molecular weight is 299 g/mol. The van der Waals surface area contributed by atoms with Crippen LogP contribution in [-0.4, -0.2) is 20.1 Å². The Balaban J connectivity index is 2.13. The molecule has 1 atom stereocenters. The van der Waals surface area contributed by atoms with Crippen molar-refractivity contribution in [3.8, 4) is 0 Å². The average Bonchev–Trinajstić information content (AvgIpc) is 2.93. The van der Waals surface area contributed by atoms with Gasteiger partial charge in [-0.2, -0.15) is 0 Å². The number of hydrogen-bond acceptors (Lipinski definition) is 4. The van der Waals surface area contributed by atoms with E-state index in [2.05, 4.69) is 4.72 Å². The van der Waals surface area contributed by atoms with Crippen molar-refractivity contribution in [3.63, 3.8) is 0 Å². The Hall–Kier alpha value is -1.70. The van der Waals surface area contributed by atoms with Crippen LogP contribution in [0.2, 0.25) is 0 Å². The SMILES string of the molecule is Cc1ccc(F)cc1S(=O)(=O)NCC(O)c1ccco1. The van der Waals surface area contributed by atoms with Gasteiger partial charge in [-0.1, -0.05) is 6.07 Å². The monoisotopic (exact) mass is 299 g/mol. The van der Waals surface area contributed by atoms with Crippen molar-refractivity contribution in [3.05, 3.63) is 53.7 Å². The maximum atomic E-state index is 13.1. The zero-order chi connectivity index (χ0) is 14.8. The molecule has 1 unspecified atom stereocenters. The molecule has 20 heavy (non-hydrogen) atoms. The first-order valence-electron chi connectivity index (χ1n) is 5.87. The predicted molar refractivity (Wildman–Crippen MR) is 70.0 cm³/mol. The highest BCUT2D eigenvalue weighted by Crippen LogP contribution is 2.17. The maximum Gasteiger partial charge on any atom is 0.241 e. The molecule has 0 amide bonds. The molecule has 0 aliphatic heterocycles. The van der Waals surface area contributed by atoms with Gasteiger partial charge in [0.1, 0.15) is 17.7 Å². The number of aliphatic hydroxyl groups excluding tert-OH is 1. The molecule has 7 heteroatoms. The van der Waals surface area contributed by atoms with Crippen LogP contribution in [0.25, 0.3) is 0 Å². The third kappa shape index (κ3) is 3.24. The summed E-state index contributed by atoms with van der Waals surface area (Å²) in [5, 5.41) is 9.75. The van der Waals surface area contributed by atoms with E-state index in [0.717, 1.165) is 6.07 Å². The normalized spacial score (nSPS) is 13.3. The van der Waals surface area contributed by atoms with E-state index in [1.807, 2.05) is 0 Å². The first-order valence-corrected chi connectivity index (χ1v) is 7.36. The number of rotatable bonds is 5. The molecule has 1 aromatic heterocycles. The van der Waals surface area contributed by atoms with E-state index >= 15 is 0 Å². The van der Waals surface area contributed by atoms with Crippen LogP contribution < -0.4 is 4.72 Å². The van der Waals surface area contributed by atoms with Crippen LogP contribution in [0, 0.1) is 12.7 Å². The third-order valence-corrected chi connectivity index (χ3v) is 4.34. The smallest absolute Gasteiger partial charge is 0.241 e. The number of halogens is 1. The lowest BCUT2D eigenvalue weighted by Crippen LogP contribution is -2.29. The first-order chi connectivity index (χ1) is 9.40. The van der Waals surface area contributed by atoms with Crippen molar-refractivity contribution in [2.24, 2.45) is 0 Å². The molecule has 0 radical (unpaired) electrons. The lowest BCUT2D eigenvalue weighted by Gasteiger charge is -2.12. The van der Waals surface area contributed by atoms with Gasteiger partial charge in [0.2, 0.25) is 10.0 Å². The minimum absolute atomic E-state index is 0.149. The van der Waals surface area contributed by atoms with Gasteiger partial charge in [-0.15, -0.1) is 0 Å². The Kier molecular flexibility index (Phi) is 4.22.